The molecule has 0 saturated carbocycles. The third-order valence-corrected chi connectivity index (χ3v) is 4.36. The SMILES string of the molecule is CCCC(NCC1CCCOC1)c1cccs1. The van der Waals surface area contributed by atoms with E-state index in [1.165, 1.54) is 30.6 Å². The Morgan fingerprint density at radius 1 is 1.59 bits per heavy atom. The Morgan fingerprint density at radius 2 is 2.53 bits per heavy atom. The highest BCUT2D eigenvalue weighted by Crippen LogP contribution is 2.24. The third kappa shape index (κ3) is 4.09. The van der Waals surface area contributed by atoms with E-state index in [1.807, 2.05) is 11.3 Å². The van der Waals surface area contributed by atoms with Gasteiger partial charge in [0.05, 0.1) is 6.61 Å². The van der Waals surface area contributed by atoms with E-state index in [9.17, 15) is 0 Å². The molecule has 1 aliphatic rings. The second-order valence-electron chi connectivity index (χ2n) is 4.85. The van der Waals surface area contributed by atoms with E-state index in [-0.39, 0.29) is 0 Å². The maximum absolute atomic E-state index is 5.53. The molecule has 1 saturated heterocycles. The van der Waals surface area contributed by atoms with Crippen molar-refractivity contribution in [3.63, 3.8) is 0 Å². The average molecular weight is 253 g/mol. The van der Waals surface area contributed by atoms with Crippen molar-refractivity contribution in [1.82, 2.24) is 5.32 Å². The first-order chi connectivity index (χ1) is 8.40. The van der Waals surface area contributed by atoms with Crippen LogP contribution in [0, 0.1) is 5.92 Å². The number of hydrogen-bond donors (Lipinski definition) is 1. The summed E-state index contributed by atoms with van der Waals surface area (Å²) in [6, 6.07) is 4.94. The number of ether oxygens (including phenoxy) is 1. The average Bonchev–Trinajstić information content (AvgIpc) is 2.89. The molecular weight excluding hydrogens is 230 g/mol. The van der Waals surface area contributed by atoms with Crippen LogP contribution in [0.2, 0.25) is 0 Å². The summed E-state index contributed by atoms with van der Waals surface area (Å²) < 4.78 is 5.53. The van der Waals surface area contributed by atoms with E-state index >= 15 is 0 Å². The topological polar surface area (TPSA) is 21.3 Å². The summed E-state index contributed by atoms with van der Waals surface area (Å²) in [5, 5.41) is 5.89. The van der Waals surface area contributed by atoms with Crippen LogP contribution in [0.1, 0.15) is 43.5 Å². The van der Waals surface area contributed by atoms with Crippen molar-refractivity contribution >= 4 is 11.3 Å². The van der Waals surface area contributed by atoms with Gasteiger partial charge < -0.3 is 10.1 Å². The molecule has 2 atom stereocenters. The quantitative estimate of drug-likeness (QED) is 0.836. The number of thiophene rings is 1. The van der Waals surface area contributed by atoms with Gasteiger partial charge in [-0.3, -0.25) is 0 Å². The van der Waals surface area contributed by atoms with Gasteiger partial charge in [-0.05, 0) is 36.6 Å². The molecule has 0 aliphatic carbocycles. The first kappa shape index (κ1) is 13.1. The fraction of sp³-hybridized carbons (Fsp3) is 0.714. The highest BCUT2D eigenvalue weighted by atomic mass is 32.1. The molecule has 1 fully saturated rings. The van der Waals surface area contributed by atoms with Crippen molar-refractivity contribution < 1.29 is 4.74 Å². The molecule has 0 spiro atoms. The predicted octanol–water partition coefficient (Wildman–Crippen LogP) is 3.61. The predicted molar refractivity (Wildman–Crippen MR) is 73.5 cm³/mol. The lowest BCUT2D eigenvalue weighted by Gasteiger charge is -2.25. The minimum Gasteiger partial charge on any atom is -0.381 e. The molecule has 0 radical (unpaired) electrons. The summed E-state index contributed by atoms with van der Waals surface area (Å²) in [4.78, 5) is 1.48. The summed E-state index contributed by atoms with van der Waals surface area (Å²) in [5.41, 5.74) is 0. The molecule has 0 amide bonds. The number of rotatable bonds is 6. The number of nitrogens with one attached hydrogen (secondary N) is 1. The van der Waals surface area contributed by atoms with Gasteiger partial charge in [-0.1, -0.05) is 19.4 Å². The minimum atomic E-state index is 0.543. The smallest absolute Gasteiger partial charge is 0.0506 e. The summed E-state index contributed by atoms with van der Waals surface area (Å²) in [5.74, 6) is 0.711. The first-order valence-electron chi connectivity index (χ1n) is 6.74. The molecule has 2 rings (SSSR count). The molecule has 96 valence electrons. The van der Waals surface area contributed by atoms with Crippen LogP contribution in [-0.4, -0.2) is 19.8 Å². The molecule has 0 bridgehead atoms. The fourth-order valence-corrected chi connectivity index (χ4v) is 3.24. The van der Waals surface area contributed by atoms with Gasteiger partial charge in [0.25, 0.3) is 0 Å². The third-order valence-electron chi connectivity index (χ3n) is 3.37. The van der Waals surface area contributed by atoms with Gasteiger partial charge >= 0.3 is 0 Å². The van der Waals surface area contributed by atoms with E-state index < -0.39 is 0 Å². The Kier molecular flexibility index (Phi) is 5.49. The van der Waals surface area contributed by atoms with Gasteiger partial charge in [-0.25, -0.2) is 0 Å². The molecule has 1 aromatic rings. The second-order valence-corrected chi connectivity index (χ2v) is 5.83. The fourth-order valence-electron chi connectivity index (χ4n) is 2.40. The van der Waals surface area contributed by atoms with Crippen molar-refractivity contribution in [2.45, 2.75) is 38.6 Å². The van der Waals surface area contributed by atoms with Gasteiger partial charge in [0.1, 0.15) is 0 Å². The molecule has 1 N–H and O–H groups in total. The van der Waals surface area contributed by atoms with E-state index in [1.54, 1.807) is 0 Å². The Labute approximate surface area is 108 Å². The standard InChI is InChI=1S/C14H23NOS/c1-2-5-13(14-7-4-9-17-14)15-10-12-6-3-8-16-11-12/h4,7,9,12-13,15H,2-3,5-6,8,10-11H2,1H3. The second kappa shape index (κ2) is 7.14. The Balaban J connectivity index is 1.81. The first-order valence-corrected chi connectivity index (χ1v) is 7.62. The van der Waals surface area contributed by atoms with Crippen LogP contribution in [0.5, 0.6) is 0 Å². The zero-order valence-corrected chi connectivity index (χ0v) is 11.5. The van der Waals surface area contributed by atoms with Crippen molar-refractivity contribution in [2.24, 2.45) is 5.92 Å². The van der Waals surface area contributed by atoms with Gasteiger partial charge in [-0.2, -0.15) is 0 Å². The monoisotopic (exact) mass is 253 g/mol. The Hall–Kier alpha value is -0.380. The molecule has 1 aliphatic heterocycles. The van der Waals surface area contributed by atoms with Gasteiger partial charge in [0.2, 0.25) is 0 Å². The Morgan fingerprint density at radius 3 is 3.18 bits per heavy atom. The van der Waals surface area contributed by atoms with Crippen LogP contribution in [-0.2, 0) is 4.74 Å². The lowest BCUT2D eigenvalue weighted by molar-refractivity contribution is 0.0537. The van der Waals surface area contributed by atoms with Crippen molar-refractivity contribution in [3.05, 3.63) is 22.4 Å². The largest absolute Gasteiger partial charge is 0.381 e. The van der Waals surface area contributed by atoms with Crippen LogP contribution in [0.15, 0.2) is 17.5 Å². The molecule has 2 heterocycles. The Bertz CT molecular complexity index is 293. The summed E-state index contributed by atoms with van der Waals surface area (Å²) in [7, 11) is 0. The molecule has 2 unspecified atom stereocenters. The molecule has 1 aromatic heterocycles. The summed E-state index contributed by atoms with van der Waals surface area (Å²) >= 11 is 1.86. The van der Waals surface area contributed by atoms with Crippen LogP contribution in [0.3, 0.4) is 0 Å². The van der Waals surface area contributed by atoms with Gasteiger partial charge in [0, 0.05) is 24.1 Å². The highest BCUT2D eigenvalue weighted by molar-refractivity contribution is 7.10. The highest BCUT2D eigenvalue weighted by Gasteiger charge is 2.17. The summed E-state index contributed by atoms with van der Waals surface area (Å²) in [6.45, 7) is 5.25. The molecule has 17 heavy (non-hydrogen) atoms. The molecule has 2 nitrogen and oxygen atoms in total. The zero-order valence-electron chi connectivity index (χ0n) is 10.7. The van der Waals surface area contributed by atoms with Crippen molar-refractivity contribution in [1.29, 1.82) is 0 Å². The normalized spacial score (nSPS) is 22.5. The molecular formula is C14H23NOS. The molecule has 0 aromatic carbocycles. The van der Waals surface area contributed by atoms with Crippen LogP contribution >= 0.6 is 11.3 Å². The van der Waals surface area contributed by atoms with E-state index in [0.29, 0.717) is 12.0 Å². The zero-order chi connectivity index (χ0) is 11.9. The maximum atomic E-state index is 5.53. The van der Waals surface area contributed by atoms with E-state index in [0.717, 1.165) is 19.8 Å². The lowest BCUT2D eigenvalue weighted by atomic mass is 10.0. The molecule has 3 heteroatoms. The summed E-state index contributed by atoms with van der Waals surface area (Å²) in [6.07, 6.45) is 5.00. The van der Waals surface area contributed by atoms with Crippen molar-refractivity contribution in [2.75, 3.05) is 19.8 Å². The maximum Gasteiger partial charge on any atom is 0.0506 e. The number of hydrogen-bond acceptors (Lipinski definition) is 3. The van der Waals surface area contributed by atoms with Crippen LogP contribution in [0.4, 0.5) is 0 Å². The minimum absolute atomic E-state index is 0.543. The van der Waals surface area contributed by atoms with E-state index in [2.05, 4.69) is 29.8 Å². The van der Waals surface area contributed by atoms with Crippen LogP contribution in [0.25, 0.3) is 0 Å². The van der Waals surface area contributed by atoms with Gasteiger partial charge in [-0.15, -0.1) is 11.3 Å². The van der Waals surface area contributed by atoms with Crippen LogP contribution < -0.4 is 5.32 Å². The van der Waals surface area contributed by atoms with E-state index in [4.69, 9.17) is 4.74 Å². The lowest BCUT2D eigenvalue weighted by Crippen LogP contribution is -2.31. The van der Waals surface area contributed by atoms with Crippen molar-refractivity contribution in [3.8, 4) is 0 Å². The van der Waals surface area contributed by atoms with Gasteiger partial charge in [0.15, 0.2) is 0 Å².